The molecular formula is C7H16N2O4S. The number of nitrogens with two attached hydrogens (primary N) is 1. The average Bonchev–Trinajstić information content (AvgIpc) is 2.02. The summed E-state index contributed by atoms with van der Waals surface area (Å²) in [4.78, 5) is 11.1. The molecule has 0 radical (unpaired) electrons. The molecule has 0 saturated carbocycles. The molecule has 1 unspecified atom stereocenters. The molecule has 0 fully saturated rings. The summed E-state index contributed by atoms with van der Waals surface area (Å²) in [6.07, 6.45) is 1.11. The molecule has 0 aromatic rings. The standard InChI is InChI=1S/C7H16N2O4S/c1-13-5-6(8)7(10)9-3-4-14(2,11)12/h6H,3-5,8H2,1-2H3,(H,9,10). The number of amides is 1. The highest BCUT2D eigenvalue weighted by Crippen LogP contribution is 1.83. The van der Waals surface area contributed by atoms with Crippen LogP contribution in [-0.2, 0) is 19.4 Å². The first-order valence-electron chi connectivity index (χ1n) is 4.07. The minimum absolute atomic E-state index is 0.0785. The fourth-order valence-corrected chi connectivity index (χ4v) is 1.22. The molecule has 0 aliphatic heterocycles. The van der Waals surface area contributed by atoms with Crippen molar-refractivity contribution in [2.75, 3.05) is 32.3 Å². The van der Waals surface area contributed by atoms with Gasteiger partial charge in [-0.05, 0) is 0 Å². The molecule has 1 amide bonds. The van der Waals surface area contributed by atoms with E-state index >= 15 is 0 Å². The third-order valence-electron chi connectivity index (χ3n) is 1.46. The second-order valence-corrected chi connectivity index (χ2v) is 5.24. The zero-order valence-corrected chi connectivity index (χ0v) is 9.13. The first kappa shape index (κ1) is 13.3. The van der Waals surface area contributed by atoms with E-state index in [9.17, 15) is 13.2 Å². The highest BCUT2D eigenvalue weighted by molar-refractivity contribution is 7.90. The number of rotatable bonds is 6. The van der Waals surface area contributed by atoms with Crippen molar-refractivity contribution < 1.29 is 17.9 Å². The Labute approximate surface area is 83.7 Å². The zero-order valence-electron chi connectivity index (χ0n) is 8.32. The summed E-state index contributed by atoms with van der Waals surface area (Å²) in [7, 11) is -1.61. The van der Waals surface area contributed by atoms with Gasteiger partial charge < -0.3 is 15.8 Å². The molecular weight excluding hydrogens is 208 g/mol. The van der Waals surface area contributed by atoms with E-state index in [4.69, 9.17) is 5.73 Å². The quantitative estimate of drug-likeness (QED) is 0.550. The predicted molar refractivity (Wildman–Crippen MR) is 52.6 cm³/mol. The predicted octanol–water partition coefficient (Wildman–Crippen LogP) is -1.88. The molecule has 0 bridgehead atoms. The zero-order chi connectivity index (χ0) is 11.2. The van der Waals surface area contributed by atoms with Crippen LogP contribution in [-0.4, -0.2) is 52.6 Å². The van der Waals surface area contributed by atoms with Crippen LogP contribution in [0.5, 0.6) is 0 Å². The fraction of sp³-hybridized carbons (Fsp3) is 0.857. The molecule has 0 aromatic carbocycles. The number of hydrogen-bond acceptors (Lipinski definition) is 5. The Balaban J connectivity index is 3.75. The Morgan fingerprint density at radius 1 is 1.57 bits per heavy atom. The van der Waals surface area contributed by atoms with Crippen LogP contribution in [0, 0.1) is 0 Å². The highest BCUT2D eigenvalue weighted by atomic mass is 32.2. The largest absolute Gasteiger partial charge is 0.383 e. The molecule has 0 rings (SSSR count). The third-order valence-corrected chi connectivity index (χ3v) is 2.40. The number of nitrogens with one attached hydrogen (secondary N) is 1. The maximum absolute atomic E-state index is 11.1. The van der Waals surface area contributed by atoms with E-state index in [-0.39, 0.29) is 18.9 Å². The third kappa shape index (κ3) is 6.81. The topological polar surface area (TPSA) is 98.5 Å². The summed E-state index contributed by atoms with van der Waals surface area (Å²) in [5, 5.41) is 2.40. The van der Waals surface area contributed by atoms with Crippen LogP contribution < -0.4 is 11.1 Å². The maximum Gasteiger partial charge on any atom is 0.239 e. The van der Waals surface area contributed by atoms with Crippen LogP contribution in [0.25, 0.3) is 0 Å². The van der Waals surface area contributed by atoms with Gasteiger partial charge in [-0.25, -0.2) is 8.42 Å². The Morgan fingerprint density at radius 3 is 2.57 bits per heavy atom. The summed E-state index contributed by atoms with van der Waals surface area (Å²) in [5.41, 5.74) is 5.39. The number of carbonyl (C=O) groups excluding carboxylic acids is 1. The van der Waals surface area contributed by atoms with Gasteiger partial charge in [-0.2, -0.15) is 0 Å². The molecule has 0 heterocycles. The average molecular weight is 224 g/mol. The van der Waals surface area contributed by atoms with Crippen LogP contribution in [0.1, 0.15) is 0 Å². The minimum atomic E-state index is -3.04. The minimum Gasteiger partial charge on any atom is -0.383 e. The number of sulfone groups is 1. The second-order valence-electron chi connectivity index (χ2n) is 2.98. The van der Waals surface area contributed by atoms with Gasteiger partial charge in [-0.15, -0.1) is 0 Å². The smallest absolute Gasteiger partial charge is 0.239 e. The molecule has 7 heteroatoms. The van der Waals surface area contributed by atoms with Gasteiger partial charge in [0.2, 0.25) is 5.91 Å². The molecule has 0 aliphatic carbocycles. The lowest BCUT2D eigenvalue weighted by Gasteiger charge is -2.10. The first-order chi connectivity index (χ1) is 6.37. The molecule has 0 aliphatic rings. The number of hydrogen-bond donors (Lipinski definition) is 2. The van der Waals surface area contributed by atoms with Gasteiger partial charge in [0.05, 0.1) is 12.4 Å². The lowest BCUT2D eigenvalue weighted by Crippen LogP contribution is -2.44. The molecule has 3 N–H and O–H groups in total. The molecule has 84 valence electrons. The van der Waals surface area contributed by atoms with Crippen molar-refractivity contribution in [3.8, 4) is 0 Å². The van der Waals surface area contributed by atoms with Crippen LogP contribution in [0.4, 0.5) is 0 Å². The van der Waals surface area contributed by atoms with E-state index < -0.39 is 21.8 Å². The highest BCUT2D eigenvalue weighted by Gasteiger charge is 2.12. The maximum atomic E-state index is 11.1. The van der Waals surface area contributed by atoms with Crippen molar-refractivity contribution in [1.29, 1.82) is 0 Å². The Morgan fingerprint density at radius 2 is 2.14 bits per heavy atom. The van der Waals surface area contributed by atoms with Gasteiger partial charge in [0.15, 0.2) is 0 Å². The SMILES string of the molecule is COCC(N)C(=O)NCCS(C)(=O)=O. The van der Waals surface area contributed by atoms with Crippen molar-refractivity contribution in [1.82, 2.24) is 5.32 Å². The molecule has 14 heavy (non-hydrogen) atoms. The van der Waals surface area contributed by atoms with Gasteiger partial charge in [0.1, 0.15) is 15.9 Å². The van der Waals surface area contributed by atoms with Gasteiger partial charge in [-0.3, -0.25) is 4.79 Å². The molecule has 6 nitrogen and oxygen atoms in total. The summed E-state index contributed by atoms with van der Waals surface area (Å²) >= 11 is 0. The monoisotopic (exact) mass is 224 g/mol. The van der Waals surface area contributed by atoms with Crippen LogP contribution >= 0.6 is 0 Å². The Bertz CT molecular complexity index is 275. The van der Waals surface area contributed by atoms with Crippen LogP contribution in [0.3, 0.4) is 0 Å². The van der Waals surface area contributed by atoms with Crippen molar-refractivity contribution in [3.63, 3.8) is 0 Å². The summed E-state index contributed by atoms with van der Waals surface area (Å²) < 4.78 is 26.1. The van der Waals surface area contributed by atoms with Crippen molar-refractivity contribution in [2.24, 2.45) is 5.73 Å². The van der Waals surface area contributed by atoms with E-state index in [1.165, 1.54) is 7.11 Å². The fourth-order valence-electron chi connectivity index (χ4n) is 0.746. The summed E-state index contributed by atoms with van der Waals surface area (Å²) in [6.45, 7) is 0.194. The van der Waals surface area contributed by atoms with E-state index in [0.717, 1.165) is 6.26 Å². The Hall–Kier alpha value is -0.660. The van der Waals surface area contributed by atoms with E-state index in [1.54, 1.807) is 0 Å². The number of ether oxygens (including phenoxy) is 1. The van der Waals surface area contributed by atoms with Gasteiger partial charge >= 0.3 is 0 Å². The van der Waals surface area contributed by atoms with Gasteiger partial charge in [-0.1, -0.05) is 0 Å². The number of methoxy groups -OCH3 is 1. The Kier molecular flexibility index (Phi) is 5.66. The van der Waals surface area contributed by atoms with E-state index in [1.807, 2.05) is 0 Å². The lowest BCUT2D eigenvalue weighted by molar-refractivity contribution is -0.123. The summed E-state index contributed by atoms with van der Waals surface area (Å²) in [5.74, 6) is -0.492. The van der Waals surface area contributed by atoms with Crippen LogP contribution in [0.2, 0.25) is 0 Å². The van der Waals surface area contributed by atoms with Gasteiger partial charge in [0, 0.05) is 19.9 Å². The lowest BCUT2D eigenvalue weighted by atomic mass is 10.3. The molecule has 0 spiro atoms. The summed E-state index contributed by atoms with van der Waals surface area (Å²) in [6, 6.07) is -0.750. The molecule has 1 atom stereocenters. The van der Waals surface area contributed by atoms with Crippen molar-refractivity contribution in [2.45, 2.75) is 6.04 Å². The second kappa shape index (κ2) is 5.94. The number of carbonyl (C=O) groups is 1. The van der Waals surface area contributed by atoms with Crippen molar-refractivity contribution >= 4 is 15.7 Å². The normalized spacial score (nSPS) is 13.6. The van der Waals surface area contributed by atoms with Gasteiger partial charge in [0.25, 0.3) is 0 Å². The molecule has 0 aromatic heterocycles. The van der Waals surface area contributed by atoms with E-state index in [2.05, 4.69) is 10.1 Å². The molecule has 0 saturated heterocycles. The van der Waals surface area contributed by atoms with E-state index in [0.29, 0.717) is 0 Å². The van der Waals surface area contributed by atoms with Crippen molar-refractivity contribution in [3.05, 3.63) is 0 Å². The first-order valence-corrected chi connectivity index (χ1v) is 6.13. The van der Waals surface area contributed by atoms with Crippen LogP contribution in [0.15, 0.2) is 0 Å².